The summed E-state index contributed by atoms with van der Waals surface area (Å²) in [4.78, 5) is 18.3. The molecule has 1 aromatic carbocycles. The van der Waals surface area contributed by atoms with Gasteiger partial charge in [0.15, 0.2) is 5.82 Å². The van der Waals surface area contributed by atoms with Crippen molar-refractivity contribution < 1.29 is 5.11 Å². The fourth-order valence-electron chi connectivity index (χ4n) is 4.16. The lowest BCUT2D eigenvalue weighted by atomic mass is 9.98. The molecule has 0 aliphatic carbocycles. The molecule has 3 rings (SSSR count). The van der Waals surface area contributed by atoms with Gasteiger partial charge in [-0.25, -0.2) is 9.97 Å². The van der Waals surface area contributed by atoms with Gasteiger partial charge in [0, 0.05) is 76.2 Å². The number of rotatable bonds is 8. The van der Waals surface area contributed by atoms with Gasteiger partial charge in [-0.2, -0.15) is 0 Å². The number of aliphatic hydroxyl groups excluding tert-OH is 1. The number of anilines is 1. The van der Waals surface area contributed by atoms with E-state index in [1.807, 2.05) is 82.7 Å². The maximum Gasteiger partial charge on any atom is 0.161 e. The van der Waals surface area contributed by atoms with Gasteiger partial charge in [0.05, 0.1) is 0 Å². The predicted octanol–water partition coefficient (Wildman–Crippen LogP) is 5.57. The monoisotopic (exact) mass is 475 g/mol. The summed E-state index contributed by atoms with van der Waals surface area (Å²) in [6.45, 7) is 11.9. The number of piperidine rings is 1. The first-order valence-electron chi connectivity index (χ1n) is 12.4. The molecule has 0 saturated carbocycles. The number of hydrogen-bond acceptors (Lipinski definition) is 6. The Labute approximate surface area is 211 Å². The van der Waals surface area contributed by atoms with Crippen LogP contribution in [0.15, 0.2) is 60.4 Å². The Balaban J connectivity index is 0.00000210. The quantitative estimate of drug-likeness (QED) is 0.399. The van der Waals surface area contributed by atoms with Crippen LogP contribution in [-0.2, 0) is 0 Å². The number of hydrogen-bond donors (Lipinski definition) is 1. The molecular formula is C29H41N5O. The van der Waals surface area contributed by atoms with Crippen molar-refractivity contribution in [3.05, 3.63) is 66.5 Å². The summed E-state index contributed by atoms with van der Waals surface area (Å²) in [5.41, 5.74) is 5.00. The van der Waals surface area contributed by atoms with Gasteiger partial charge < -0.3 is 14.9 Å². The number of aliphatic hydroxyl groups is 1. The predicted molar refractivity (Wildman–Crippen MR) is 151 cm³/mol. The van der Waals surface area contributed by atoms with Gasteiger partial charge in [0.2, 0.25) is 0 Å². The van der Waals surface area contributed by atoms with E-state index in [0.717, 1.165) is 59.6 Å². The summed E-state index contributed by atoms with van der Waals surface area (Å²) >= 11 is 0. The maximum atomic E-state index is 9.76. The Bertz CT molecular complexity index is 1050. The molecule has 6 heteroatoms. The maximum absolute atomic E-state index is 9.76. The summed E-state index contributed by atoms with van der Waals surface area (Å²) < 4.78 is 0. The second-order valence-electron chi connectivity index (χ2n) is 8.53. The molecule has 2 heterocycles. The van der Waals surface area contributed by atoms with Crippen LogP contribution in [-0.4, -0.2) is 67.0 Å². The van der Waals surface area contributed by atoms with E-state index >= 15 is 0 Å². The van der Waals surface area contributed by atoms with Gasteiger partial charge in [0.25, 0.3) is 0 Å². The molecule has 2 aromatic rings. The van der Waals surface area contributed by atoms with Crippen LogP contribution in [0.25, 0.3) is 22.5 Å². The highest BCUT2D eigenvalue weighted by Gasteiger charge is 2.24. The van der Waals surface area contributed by atoms with Crippen molar-refractivity contribution in [2.75, 3.05) is 45.7 Å². The van der Waals surface area contributed by atoms with E-state index in [9.17, 15) is 5.11 Å². The van der Waals surface area contributed by atoms with Crippen LogP contribution in [0.2, 0.25) is 0 Å². The molecule has 1 aromatic heterocycles. The van der Waals surface area contributed by atoms with Crippen LogP contribution in [0.4, 0.5) is 5.82 Å². The molecule has 1 saturated heterocycles. The van der Waals surface area contributed by atoms with Crippen LogP contribution in [0, 0.1) is 5.92 Å². The van der Waals surface area contributed by atoms with E-state index in [4.69, 9.17) is 9.97 Å². The van der Waals surface area contributed by atoms with Gasteiger partial charge >= 0.3 is 0 Å². The molecule has 6 nitrogen and oxygen atoms in total. The number of nitrogens with zero attached hydrogens (tertiary/aromatic N) is 5. The molecule has 1 N–H and O–H groups in total. The minimum absolute atomic E-state index is 0.196. The molecule has 1 fully saturated rings. The number of benzene rings is 1. The molecule has 1 atom stereocenters. The second-order valence-corrected chi connectivity index (χ2v) is 8.53. The summed E-state index contributed by atoms with van der Waals surface area (Å²) in [7, 11) is 5.77. The van der Waals surface area contributed by atoms with Crippen molar-refractivity contribution in [1.29, 1.82) is 0 Å². The zero-order valence-corrected chi connectivity index (χ0v) is 22.2. The van der Waals surface area contributed by atoms with E-state index in [0.29, 0.717) is 5.82 Å². The van der Waals surface area contributed by atoms with Crippen LogP contribution >= 0.6 is 0 Å². The Kier molecular flexibility index (Phi) is 11.4. The number of aromatic nitrogens is 2. The lowest BCUT2D eigenvalue weighted by molar-refractivity contribution is 0.208. The molecule has 35 heavy (non-hydrogen) atoms. The first kappa shape index (κ1) is 28.0. The van der Waals surface area contributed by atoms with E-state index in [1.165, 1.54) is 0 Å². The average molecular weight is 476 g/mol. The minimum atomic E-state index is 0.196. The highest BCUT2D eigenvalue weighted by molar-refractivity contribution is 6.11. The molecule has 1 aliphatic heterocycles. The molecule has 188 valence electrons. The third-order valence-corrected chi connectivity index (χ3v) is 5.81. The van der Waals surface area contributed by atoms with Gasteiger partial charge in [0.1, 0.15) is 5.82 Å². The van der Waals surface area contributed by atoms with Gasteiger partial charge in [-0.3, -0.25) is 4.99 Å². The van der Waals surface area contributed by atoms with Crippen molar-refractivity contribution in [3.63, 3.8) is 0 Å². The molecule has 0 radical (unpaired) electrons. The fraction of sp³-hybridized carbons (Fsp3) is 0.414. The first-order chi connectivity index (χ1) is 17.0. The highest BCUT2D eigenvalue weighted by atomic mass is 16.3. The molecule has 0 amide bonds. The molecule has 1 unspecified atom stereocenters. The van der Waals surface area contributed by atoms with Crippen molar-refractivity contribution in [2.45, 2.75) is 33.6 Å². The number of allylic oxidation sites excluding steroid dienone is 4. The van der Waals surface area contributed by atoms with E-state index in [2.05, 4.69) is 28.6 Å². The molecular weight excluding hydrogens is 434 g/mol. The third-order valence-electron chi connectivity index (χ3n) is 5.81. The fourth-order valence-corrected chi connectivity index (χ4v) is 4.16. The summed E-state index contributed by atoms with van der Waals surface area (Å²) in [6, 6.07) is 8.24. The summed E-state index contributed by atoms with van der Waals surface area (Å²) in [5, 5.41) is 9.76. The first-order valence-corrected chi connectivity index (χ1v) is 12.4. The Morgan fingerprint density at radius 1 is 1.29 bits per heavy atom. The lowest BCUT2D eigenvalue weighted by Crippen LogP contribution is -2.38. The van der Waals surface area contributed by atoms with Crippen LogP contribution < -0.4 is 4.90 Å². The Morgan fingerprint density at radius 2 is 2.06 bits per heavy atom. The van der Waals surface area contributed by atoms with Crippen molar-refractivity contribution in [3.8, 4) is 11.4 Å². The topological polar surface area (TPSA) is 64.9 Å². The van der Waals surface area contributed by atoms with Crippen LogP contribution in [0.1, 0.15) is 44.7 Å². The minimum Gasteiger partial charge on any atom is -0.396 e. The molecule has 1 aliphatic rings. The largest absolute Gasteiger partial charge is 0.396 e. The SMILES string of the molecule is C=C/C(=C\N(C)C)c1cccc(-c2ncc(/C(C=NC)=C/C)c(N3CCCC(CO)C3)n2)c1.CC. The lowest BCUT2D eigenvalue weighted by Gasteiger charge is -2.34. The van der Waals surface area contributed by atoms with Gasteiger partial charge in [-0.1, -0.05) is 50.8 Å². The molecule has 0 bridgehead atoms. The average Bonchev–Trinajstić information content (AvgIpc) is 2.91. The Morgan fingerprint density at radius 3 is 2.69 bits per heavy atom. The highest BCUT2D eigenvalue weighted by Crippen LogP contribution is 2.31. The second kappa shape index (κ2) is 14.2. The van der Waals surface area contributed by atoms with Crippen LogP contribution in [0.5, 0.6) is 0 Å². The van der Waals surface area contributed by atoms with Crippen LogP contribution in [0.3, 0.4) is 0 Å². The van der Waals surface area contributed by atoms with Gasteiger partial charge in [-0.05, 0) is 42.9 Å². The zero-order chi connectivity index (χ0) is 25.8. The third kappa shape index (κ3) is 7.36. The van der Waals surface area contributed by atoms with Crippen molar-refractivity contribution in [2.24, 2.45) is 10.9 Å². The normalized spacial score (nSPS) is 16.7. The van der Waals surface area contributed by atoms with E-state index in [1.54, 1.807) is 7.05 Å². The molecule has 0 spiro atoms. The van der Waals surface area contributed by atoms with Crippen molar-refractivity contribution >= 4 is 23.2 Å². The number of aliphatic imine (C=N–C) groups is 1. The summed E-state index contributed by atoms with van der Waals surface area (Å²) in [5.74, 6) is 1.83. The van der Waals surface area contributed by atoms with E-state index in [-0.39, 0.29) is 12.5 Å². The van der Waals surface area contributed by atoms with Gasteiger partial charge in [-0.15, -0.1) is 0 Å². The van der Waals surface area contributed by atoms with E-state index < -0.39 is 0 Å². The standard InChI is InChI=1S/C27H35N5O.C2H6/c1-6-21(15-28-3)25-16-29-26(30-27(25)32-13-9-10-20(17-32)19-33)24-12-8-11-23(14-24)22(7-2)18-31(4)5;1-2/h6-8,11-12,14-16,18,20,33H,2,9-10,13,17,19H2,1,3-5H3;1-2H3/b21-6+,22-18+,28-15?;. The summed E-state index contributed by atoms with van der Waals surface area (Å²) in [6.07, 6.45) is 11.8. The Hall–Kier alpha value is -3.25. The van der Waals surface area contributed by atoms with Crippen molar-refractivity contribution in [1.82, 2.24) is 14.9 Å². The smallest absolute Gasteiger partial charge is 0.161 e. The zero-order valence-electron chi connectivity index (χ0n) is 22.2.